The van der Waals surface area contributed by atoms with Crippen LogP contribution in [0.15, 0.2) is 53.0 Å². The molecule has 2 amide bonds. The van der Waals surface area contributed by atoms with Crippen LogP contribution in [0, 0.1) is 0 Å². The Balaban J connectivity index is 2.14. The molecule has 28 heavy (non-hydrogen) atoms. The van der Waals surface area contributed by atoms with Crippen molar-refractivity contribution in [1.29, 1.82) is 0 Å². The summed E-state index contributed by atoms with van der Waals surface area (Å²) >= 11 is 9.42. The Kier molecular flexibility index (Phi) is 8.33. The maximum atomic E-state index is 12.9. The van der Waals surface area contributed by atoms with Crippen molar-refractivity contribution in [3.05, 3.63) is 63.6 Å². The van der Waals surface area contributed by atoms with E-state index < -0.39 is 6.04 Å². The zero-order chi connectivity index (χ0) is 20.7. The quantitative estimate of drug-likeness (QED) is 0.625. The van der Waals surface area contributed by atoms with Crippen LogP contribution in [0.1, 0.15) is 26.3 Å². The van der Waals surface area contributed by atoms with Crippen molar-refractivity contribution in [2.45, 2.75) is 39.4 Å². The first-order valence-corrected chi connectivity index (χ1v) is 10.2. The van der Waals surface area contributed by atoms with E-state index in [9.17, 15) is 9.59 Å². The molecule has 0 aliphatic rings. The number of nitrogens with one attached hydrogen (secondary N) is 1. The molecule has 0 aliphatic carbocycles. The van der Waals surface area contributed by atoms with Crippen LogP contribution in [0.25, 0.3) is 0 Å². The lowest BCUT2D eigenvalue weighted by Gasteiger charge is -2.29. The maximum Gasteiger partial charge on any atom is 0.261 e. The SMILES string of the molecule is CC(C)NC(=O)[C@H](C)N(Cc1cccc(Cl)c1)C(=O)COc1ccc(Br)cc1. The second-order valence-electron chi connectivity index (χ2n) is 6.73. The lowest BCUT2D eigenvalue weighted by Crippen LogP contribution is -2.50. The molecule has 2 aromatic rings. The van der Waals surface area contributed by atoms with Crippen LogP contribution >= 0.6 is 27.5 Å². The van der Waals surface area contributed by atoms with Crippen molar-refractivity contribution in [2.75, 3.05) is 6.61 Å². The number of rotatable bonds is 8. The normalized spacial score (nSPS) is 11.8. The van der Waals surface area contributed by atoms with Gasteiger partial charge in [0.25, 0.3) is 5.91 Å². The molecule has 0 bridgehead atoms. The second kappa shape index (κ2) is 10.5. The molecule has 0 spiro atoms. The van der Waals surface area contributed by atoms with E-state index in [4.69, 9.17) is 16.3 Å². The molecule has 0 saturated heterocycles. The van der Waals surface area contributed by atoms with Gasteiger partial charge in [-0.05, 0) is 62.7 Å². The Morgan fingerprint density at radius 3 is 2.43 bits per heavy atom. The molecular formula is C21H24BrClN2O3. The molecule has 0 radical (unpaired) electrons. The van der Waals surface area contributed by atoms with Crippen LogP contribution in [-0.2, 0) is 16.1 Å². The van der Waals surface area contributed by atoms with Crippen molar-refractivity contribution >= 4 is 39.3 Å². The highest BCUT2D eigenvalue weighted by Crippen LogP contribution is 2.18. The van der Waals surface area contributed by atoms with E-state index in [2.05, 4.69) is 21.2 Å². The van der Waals surface area contributed by atoms with Crippen LogP contribution in [0.5, 0.6) is 5.75 Å². The first-order chi connectivity index (χ1) is 13.3. The summed E-state index contributed by atoms with van der Waals surface area (Å²) in [6, 6.07) is 13.8. The van der Waals surface area contributed by atoms with Crippen LogP contribution in [0.2, 0.25) is 5.02 Å². The fraction of sp³-hybridized carbons (Fsp3) is 0.333. The van der Waals surface area contributed by atoms with E-state index in [0.29, 0.717) is 10.8 Å². The Bertz CT molecular complexity index is 812. The smallest absolute Gasteiger partial charge is 0.261 e. The highest BCUT2D eigenvalue weighted by atomic mass is 79.9. The van der Waals surface area contributed by atoms with Crippen molar-refractivity contribution in [3.8, 4) is 5.75 Å². The third kappa shape index (κ3) is 6.84. The minimum absolute atomic E-state index is 0.0166. The van der Waals surface area contributed by atoms with Gasteiger partial charge in [0.1, 0.15) is 11.8 Å². The minimum atomic E-state index is -0.651. The Labute approximate surface area is 179 Å². The number of carbonyl (C=O) groups is 2. The lowest BCUT2D eigenvalue weighted by molar-refractivity contribution is -0.142. The van der Waals surface area contributed by atoms with E-state index in [-0.39, 0.29) is 31.0 Å². The Morgan fingerprint density at radius 1 is 1.14 bits per heavy atom. The summed E-state index contributed by atoms with van der Waals surface area (Å²) in [5.41, 5.74) is 0.841. The van der Waals surface area contributed by atoms with Gasteiger partial charge in [0.05, 0.1) is 0 Å². The highest BCUT2D eigenvalue weighted by Gasteiger charge is 2.26. The van der Waals surface area contributed by atoms with Gasteiger partial charge in [-0.15, -0.1) is 0 Å². The number of ether oxygens (including phenoxy) is 1. The lowest BCUT2D eigenvalue weighted by atomic mass is 10.1. The van der Waals surface area contributed by atoms with Crippen molar-refractivity contribution in [1.82, 2.24) is 10.2 Å². The number of hydrogen-bond donors (Lipinski definition) is 1. The van der Waals surface area contributed by atoms with Gasteiger partial charge in [-0.3, -0.25) is 9.59 Å². The molecule has 5 nitrogen and oxygen atoms in total. The molecule has 0 saturated carbocycles. The predicted octanol–water partition coefficient (Wildman–Crippen LogP) is 4.42. The third-order valence-electron chi connectivity index (χ3n) is 4.02. The van der Waals surface area contributed by atoms with Gasteiger partial charge in [0.2, 0.25) is 5.91 Å². The highest BCUT2D eigenvalue weighted by molar-refractivity contribution is 9.10. The molecule has 2 rings (SSSR count). The zero-order valence-corrected chi connectivity index (χ0v) is 18.5. The number of carbonyl (C=O) groups excluding carboxylic acids is 2. The van der Waals surface area contributed by atoms with Crippen LogP contribution < -0.4 is 10.1 Å². The molecular weight excluding hydrogens is 444 g/mol. The fourth-order valence-electron chi connectivity index (χ4n) is 2.58. The van der Waals surface area contributed by atoms with E-state index in [0.717, 1.165) is 10.0 Å². The van der Waals surface area contributed by atoms with E-state index >= 15 is 0 Å². The molecule has 0 aliphatic heterocycles. The predicted molar refractivity (Wildman–Crippen MR) is 114 cm³/mol. The second-order valence-corrected chi connectivity index (χ2v) is 8.09. The molecule has 1 N–H and O–H groups in total. The first-order valence-electron chi connectivity index (χ1n) is 8.99. The van der Waals surface area contributed by atoms with Gasteiger partial charge >= 0.3 is 0 Å². The minimum Gasteiger partial charge on any atom is -0.484 e. The van der Waals surface area contributed by atoms with Crippen molar-refractivity contribution in [3.63, 3.8) is 0 Å². The molecule has 7 heteroatoms. The Morgan fingerprint density at radius 2 is 1.82 bits per heavy atom. The monoisotopic (exact) mass is 466 g/mol. The summed E-state index contributed by atoms with van der Waals surface area (Å²) < 4.78 is 6.53. The van der Waals surface area contributed by atoms with E-state index in [1.54, 1.807) is 31.2 Å². The molecule has 2 aromatic carbocycles. The number of halogens is 2. The zero-order valence-electron chi connectivity index (χ0n) is 16.1. The van der Waals surface area contributed by atoms with Gasteiger partial charge in [0, 0.05) is 22.1 Å². The third-order valence-corrected chi connectivity index (χ3v) is 4.78. The van der Waals surface area contributed by atoms with Gasteiger partial charge < -0.3 is 15.0 Å². The maximum absolute atomic E-state index is 12.9. The average Bonchev–Trinajstić information content (AvgIpc) is 2.64. The summed E-state index contributed by atoms with van der Waals surface area (Å²) in [5, 5.41) is 3.43. The van der Waals surface area contributed by atoms with Crippen LogP contribution in [0.3, 0.4) is 0 Å². The van der Waals surface area contributed by atoms with Crippen molar-refractivity contribution in [2.24, 2.45) is 0 Å². The fourth-order valence-corrected chi connectivity index (χ4v) is 3.06. The van der Waals surface area contributed by atoms with Crippen LogP contribution in [0.4, 0.5) is 0 Å². The topological polar surface area (TPSA) is 58.6 Å². The molecule has 1 atom stereocenters. The van der Waals surface area contributed by atoms with E-state index in [1.807, 2.05) is 38.1 Å². The average molecular weight is 468 g/mol. The number of hydrogen-bond acceptors (Lipinski definition) is 3. The number of amides is 2. The summed E-state index contributed by atoms with van der Waals surface area (Å²) in [7, 11) is 0. The molecule has 0 unspecified atom stereocenters. The Hall–Kier alpha value is -2.05. The largest absolute Gasteiger partial charge is 0.484 e. The van der Waals surface area contributed by atoms with E-state index in [1.165, 1.54) is 4.90 Å². The molecule has 0 fully saturated rings. The van der Waals surface area contributed by atoms with Gasteiger partial charge in [-0.1, -0.05) is 39.7 Å². The van der Waals surface area contributed by atoms with Gasteiger partial charge in [-0.2, -0.15) is 0 Å². The standard InChI is InChI=1S/C21H24BrClN2O3/c1-14(2)24-21(27)15(3)25(12-16-5-4-6-18(23)11-16)20(26)13-28-19-9-7-17(22)8-10-19/h4-11,14-15H,12-13H2,1-3H3,(H,24,27)/t15-/m0/s1. The summed E-state index contributed by atoms with van der Waals surface area (Å²) in [4.78, 5) is 26.9. The van der Waals surface area contributed by atoms with Crippen LogP contribution in [-0.4, -0.2) is 35.4 Å². The summed E-state index contributed by atoms with van der Waals surface area (Å²) in [6.45, 7) is 5.56. The number of benzene rings is 2. The van der Waals surface area contributed by atoms with Gasteiger partial charge in [0.15, 0.2) is 6.61 Å². The molecule has 150 valence electrons. The summed E-state index contributed by atoms with van der Waals surface area (Å²) in [5.74, 6) is 0.0851. The first kappa shape index (κ1) is 22.2. The number of nitrogens with zero attached hydrogens (tertiary/aromatic N) is 1. The van der Waals surface area contributed by atoms with Gasteiger partial charge in [-0.25, -0.2) is 0 Å². The molecule has 0 heterocycles. The van der Waals surface area contributed by atoms with Crippen molar-refractivity contribution < 1.29 is 14.3 Å². The summed E-state index contributed by atoms with van der Waals surface area (Å²) in [6.07, 6.45) is 0. The molecule has 0 aromatic heterocycles.